The van der Waals surface area contributed by atoms with Crippen LogP contribution in [0.4, 0.5) is 5.69 Å². The Hall–Kier alpha value is -3.61. The summed E-state index contributed by atoms with van der Waals surface area (Å²) in [5.74, 6) is 0.612. The summed E-state index contributed by atoms with van der Waals surface area (Å²) in [5, 5.41) is 4.42. The molecule has 0 atom stereocenters. The first-order valence-corrected chi connectivity index (χ1v) is 10.4. The van der Waals surface area contributed by atoms with Crippen molar-refractivity contribution in [3.05, 3.63) is 76.6 Å². The molecule has 1 fully saturated rings. The zero-order valence-electron chi connectivity index (χ0n) is 17.8. The van der Waals surface area contributed by atoms with E-state index >= 15 is 0 Å². The summed E-state index contributed by atoms with van der Waals surface area (Å²) in [6, 6.07) is 19.0. The first-order chi connectivity index (χ1) is 15.0. The third kappa shape index (κ3) is 4.77. The summed E-state index contributed by atoms with van der Waals surface area (Å²) in [6.07, 6.45) is 0. The van der Waals surface area contributed by atoms with Crippen molar-refractivity contribution in [1.82, 2.24) is 14.7 Å². The molecule has 0 N–H and O–H groups in total. The van der Waals surface area contributed by atoms with Gasteiger partial charge in [-0.25, -0.2) is 4.68 Å². The number of methoxy groups -OCH3 is 1. The second-order valence-corrected chi connectivity index (χ2v) is 7.65. The molecule has 0 unspecified atom stereocenters. The van der Waals surface area contributed by atoms with Crippen molar-refractivity contribution in [2.24, 2.45) is 0 Å². The summed E-state index contributed by atoms with van der Waals surface area (Å²) in [4.78, 5) is 29.2. The van der Waals surface area contributed by atoms with Crippen LogP contribution in [-0.2, 0) is 11.3 Å². The Morgan fingerprint density at radius 1 is 1.00 bits per heavy atom. The molecule has 3 aromatic rings. The van der Waals surface area contributed by atoms with Crippen LogP contribution < -0.4 is 15.2 Å². The largest absolute Gasteiger partial charge is 0.497 e. The van der Waals surface area contributed by atoms with Crippen LogP contribution >= 0.6 is 0 Å². The van der Waals surface area contributed by atoms with E-state index in [9.17, 15) is 9.59 Å². The summed E-state index contributed by atoms with van der Waals surface area (Å²) >= 11 is 0. The molecule has 7 heteroatoms. The van der Waals surface area contributed by atoms with Crippen molar-refractivity contribution in [2.45, 2.75) is 13.5 Å². The standard InChI is InChI=1S/C24H26N4O3/c1-18-5-3-7-20(15-18)26-11-13-27(14-12-26)24(30)17-28-23(29)10-9-22(25-28)19-6-4-8-21(16-19)31-2/h3-10,15-16H,11-14,17H2,1-2H3. The molecule has 31 heavy (non-hydrogen) atoms. The van der Waals surface area contributed by atoms with Crippen molar-refractivity contribution in [1.29, 1.82) is 0 Å². The lowest BCUT2D eigenvalue weighted by Crippen LogP contribution is -2.50. The Morgan fingerprint density at radius 3 is 2.52 bits per heavy atom. The smallest absolute Gasteiger partial charge is 0.267 e. The summed E-state index contributed by atoms with van der Waals surface area (Å²) in [6.45, 7) is 4.78. The number of benzene rings is 2. The number of rotatable bonds is 5. The molecule has 0 bridgehead atoms. The third-order valence-corrected chi connectivity index (χ3v) is 5.52. The third-order valence-electron chi connectivity index (χ3n) is 5.52. The van der Waals surface area contributed by atoms with Gasteiger partial charge in [-0.1, -0.05) is 24.3 Å². The van der Waals surface area contributed by atoms with Crippen LogP contribution in [0.15, 0.2) is 65.5 Å². The van der Waals surface area contributed by atoms with E-state index in [1.54, 1.807) is 18.1 Å². The summed E-state index contributed by atoms with van der Waals surface area (Å²) in [7, 11) is 1.60. The number of nitrogens with zero attached hydrogens (tertiary/aromatic N) is 4. The number of aromatic nitrogens is 2. The molecule has 2 aromatic carbocycles. The first-order valence-electron chi connectivity index (χ1n) is 10.4. The van der Waals surface area contributed by atoms with Gasteiger partial charge in [0.1, 0.15) is 12.3 Å². The van der Waals surface area contributed by atoms with Crippen LogP contribution in [0.1, 0.15) is 5.56 Å². The van der Waals surface area contributed by atoms with E-state index in [0.717, 1.165) is 18.7 Å². The maximum Gasteiger partial charge on any atom is 0.267 e. The highest BCUT2D eigenvalue weighted by molar-refractivity contribution is 5.76. The fourth-order valence-corrected chi connectivity index (χ4v) is 3.77. The highest BCUT2D eigenvalue weighted by Crippen LogP contribution is 2.21. The molecular formula is C24H26N4O3. The number of carbonyl (C=O) groups is 1. The Kier molecular flexibility index (Phi) is 6.02. The van der Waals surface area contributed by atoms with Gasteiger partial charge in [0.05, 0.1) is 12.8 Å². The molecular weight excluding hydrogens is 392 g/mol. The molecule has 1 aromatic heterocycles. The maximum atomic E-state index is 12.9. The molecule has 1 aliphatic heterocycles. The quantitative estimate of drug-likeness (QED) is 0.637. The molecule has 7 nitrogen and oxygen atoms in total. The van der Waals surface area contributed by atoms with Gasteiger partial charge in [-0.2, -0.15) is 5.10 Å². The molecule has 160 valence electrons. The van der Waals surface area contributed by atoms with Gasteiger partial charge < -0.3 is 14.5 Å². The van der Waals surface area contributed by atoms with Gasteiger partial charge in [0.25, 0.3) is 5.56 Å². The average Bonchev–Trinajstić information content (AvgIpc) is 2.80. The van der Waals surface area contributed by atoms with Crippen LogP contribution in [0.3, 0.4) is 0 Å². The van der Waals surface area contributed by atoms with E-state index in [0.29, 0.717) is 24.5 Å². The molecule has 0 saturated carbocycles. The fraction of sp³-hybridized carbons (Fsp3) is 0.292. The van der Waals surface area contributed by atoms with E-state index in [-0.39, 0.29) is 18.0 Å². The van der Waals surface area contributed by atoms with Crippen LogP contribution in [0.2, 0.25) is 0 Å². The van der Waals surface area contributed by atoms with E-state index in [1.807, 2.05) is 24.3 Å². The zero-order chi connectivity index (χ0) is 21.8. The number of carbonyl (C=O) groups excluding carboxylic acids is 1. The van der Waals surface area contributed by atoms with E-state index in [2.05, 4.69) is 41.2 Å². The van der Waals surface area contributed by atoms with Gasteiger partial charge in [0.15, 0.2) is 0 Å². The minimum atomic E-state index is -0.293. The fourth-order valence-electron chi connectivity index (χ4n) is 3.77. The molecule has 4 rings (SSSR count). The summed E-state index contributed by atoms with van der Waals surface area (Å²) in [5.41, 5.74) is 3.55. The minimum Gasteiger partial charge on any atom is -0.497 e. The van der Waals surface area contributed by atoms with Crippen LogP contribution in [0.25, 0.3) is 11.3 Å². The van der Waals surface area contributed by atoms with Crippen LogP contribution in [-0.4, -0.2) is 53.9 Å². The monoisotopic (exact) mass is 418 g/mol. The Labute approximate surface area is 181 Å². The lowest BCUT2D eigenvalue weighted by Gasteiger charge is -2.36. The van der Waals surface area contributed by atoms with Gasteiger partial charge in [-0.15, -0.1) is 0 Å². The number of anilines is 1. The topological polar surface area (TPSA) is 67.7 Å². The average molecular weight is 418 g/mol. The van der Waals surface area contributed by atoms with Crippen molar-refractivity contribution < 1.29 is 9.53 Å². The van der Waals surface area contributed by atoms with Gasteiger partial charge in [0.2, 0.25) is 5.91 Å². The molecule has 1 aliphatic rings. The number of amides is 1. The second kappa shape index (κ2) is 9.04. The van der Waals surface area contributed by atoms with E-state index in [4.69, 9.17) is 4.74 Å². The van der Waals surface area contributed by atoms with Crippen molar-refractivity contribution >= 4 is 11.6 Å². The molecule has 1 saturated heterocycles. The normalized spacial score (nSPS) is 13.9. The van der Waals surface area contributed by atoms with Gasteiger partial charge in [0, 0.05) is 43.5 Å². The number of hydrogen-bond donors (Lipinski definition) is 0. The molecule has 1 amide bonds. The van der Waals surface area contributed by atoms with Crippen molar-refractivity contribution in [2.75, 3.05) is 38.2 Å². The summed E-state index contributed by atoms with van der Waals surface area (Å²) < 4.78 is 6.50. The highest BCUT2D eigenvalue weighted by Gasteiger charge is 2.22. The van der Waals surface area contributed by atoms with Gasteiger partial charge in [-0.05, 0) is 42.8 Å². The number of hydrogen-bond acceptors (Lipinski definition) is 5. The van der Waals surface area contributed by atoms with Crippen LogP contribution in [0.5, 0.6) is 5.75 Å². The second-order valence-electron chi connectivity index (χ2n) is 7.65. The number of ether oxygens (including phenoxy) is 1. The predicted molar refractivity (Wildman–Crippen MR) is 120 cm³/mol. The zero-order valence-corrected chi connectivity index (χ0v) is 17.8. The molecule has 0 spiro atoms. The Bertz CT molecular complexity index is 1130. The molecule has 0 aliphatic carbocycles. The van der Waals surface area contributed by atoms with Crippen molar-refractivity contribution in [3.63, 3.8) is 0 Å². The first kappa shape index (κ1) is 20.7. The Morgan fingerprint density at radius 2 is 1.77 bits per heavy atom. The van der Waals surface area contributed by atoms with Crippen molar-refractivity contribution in [3.8, 4) is 17.0 Å². The number of aryl methyl sites for hydroxylation is 1. The van der Waals surface area contributed by atoms with E-state index in [1.165, 1.54) is 22.0 Å². The van der Waals surface area contributed by atoms with E-state index < -0.39 is 0 Å². The van der Waals surface area contributed by atoms with Crippen LogP contribution in [0, 0.1) is 6.92 Å². The number of piperazine rings is 1. The highest BCUT2D eigenvalue weighted by atomic mass is 16.5. The molecule has 0 radical (unpaired) electrons. The minimum absolute atomic E-state index is 0.0684. The van der Waals surface area contributed by atoms with Gasteiger partial charge >= 0.3 is 0 Å². The lowest BCUT2D eigenvalue weighted by molar-refractivity contribution is -0.132. The molecule has 2 heterocycles. The SMILES string of the molecule is COc1cccc(-c2ccc(=O)n(CC(=O)N3CCN(c4cccc(C)c4)CC3)n2)c1. The maximum absolute atomic E-state index is 12.9. The van der Waals surface area contributed by atoms with Gasteiger partial charge in [-0.3, -0.25) is 9.59 Å². The Balaban J connectivity index is 1.43. The lowest BCUT2D eigenvalue weighted by atomic mass is 10.1. The predicted octanol–water partition coefficient (Wildman–Crippen LogP) is 2.58.